The fraction of sp³-hybridized carbons (Fsp3) is 0. The molecule has 0 fully saturated rings. The molecule has 0 aliphatic carbocycles. The van der Waals surface area contributed by atoms with Gasteiger partial charge in [0.15, 0.2) is 11.4 Å². The SMILES string of the molecule is N#Cc1cc(-c2ccc(-n3c4ccc(-c5cccc6c5oc5ccccc56)cc4c4c5ccccc5ccc43)cc2)nc2ccccc12.N#Cc1nc(-n2c3ccccc3c3cc(-c4cccc5c4oc4ccc6ccccc6c45)ccc32)nc2ccccc12.N#Cc1nc(-n2c3ccccc3c3cc(-c4cccc5c4sc4ccc6ccccc6c45)ccc32)nc2ccccc12. The van der Waals surface area contributed by atoms with Crippen molar-refractivity contribution in [3.63, 3.8) is 0 Å². The highest BCUT2D eigenvalue weighted by Gasteiger charge is 2.25. The third kappa shape index (κ3) is 11.8. The number of furan rings is 2. The van der Waals surface area contributed by atoms with Crippen molar-refractivity contribution in [2.75, 3.05) is 0 Å². The normalized spacial score (nSPS) is 11.8. The van der Waals surface area contributed by atoms with Crippen molar-refractivity contribution in [3.8, 4) is 80.4 Å². The number of thiophene rings is 1. The number of hydrogen-bond acceptors (Lipinski definition) is 11. The average Bonchev–Trinajstić information content (AvgIpc) is 1.57. The molecule has 0 aliphatic rings. The van der Waals surface area contributed by atoms with E-state index >= 15 is 0 Å². The topological polar surface area (TPSA) is 177 Å². The zero-order chi connectivity index (χ0) is 87.3. The first kappa shape index (κ1) is 75.1. The first-order valence-electron chi connectivity index (χ1n) is 43.7. The summed E-state index contributed by atoms with van der Waals surface area (Å²) >= 11 is 1.86. The van der Waals surface area contributed by atoms with E-state index < -0.39 is 0 Å². The van der Waals surface area contributed by atoms with Gasteiger partial charge in [0.1, 0.15) is 34.5 Å². The van der Waals surface area contributed by atoms with Gasteiger partial charge in [-0.3, -0.25) is 9.13 Å². The molecule has 0 amide bonds. The van der Waals surface area contributed by atoms with E-state index in [-0.39, 0.29) is 0 Å². The van der Waals surface area contributed by atoms with E-state index in [1.54, 1.807) is 0 Å². The van der Waals surface area contributed by atoms with Crippen molar-refractivity contribution in [3.05, 3.63) is 411 Å². The summed E-state index contributed by atoms with van der Waals surface area (Å²) in [6.45, 7) is 0. The Hall–Kier alpha value is -18.3. The molecule has 0 saturated carbocycles. The summed E-state index contributed by atoms with van der Waals surface area (Å²) in [6, 6.07) is 143. The van der Waals surface area contributed by atoms with Gasteiger partial charge in [0.05, 0.1) is 67.0 Å². The Balaban J connectivity index is 0.000000104. The second-order valence-electron chi connectivity index (χ2n) is 33.3. The number of hydrogen-bond donors (Lipinski definition) is 0. The first-order valence-corrected chi connectivity index (χ1v) is 44.5. The van der Waals surface area contributed by atoms with Crippen LogP contribution >= 0.6 is 11.3 Å². The van der Waals surface area contributed by atoms with Crippen LogP contribution in [-0.2, 0) is 0 Å². The summed E-state index contributed by atoms with van der Waals surface area (Å²) in [5.41, 5.74) is 23.0. The molecule has 610 valence electrons. The Bertz CT molecular complexity index is 9600. The highest BCUT2D eigenvalue weighted by Crippen LogP contribution is 2.48. The molecule has 14 heteroatoms. The number of rotatable bonds is 7. The maximum Gasteiger partial charge on any atom is 0.236 e. The van der Waals surface area contributed by atoms with E-state index in [1.165, 1.54) is 74.4 Å². The highest BCUT2D eigenvalue weighted by atomic mass is 32.1. The van der Waals surface area contributed by atoms with Crippen molar-refractivity contribution in [1.29, 1.82) is 15.8 Å². The molecule has 0 spiro atoms. The van der Waals surface area contributed by atoms with Gasteiger partial charge in [-0.25, -0.2) is 24.9 Å². The summed E-state index contributed by atoms with van der Waals surface area (Å²) in [6.07, 6.45) is 0. The molecule has 0 unspecified atom stereocenters. The van der Waals surface area contributed by atoms with E-state index in [4.69, 9.17) is 33.8 Å². The zero-order valence-electron chi connectivity index (χ0n) is 70.2. The van der Waals surface area contributed by atoms with Gasteiger partial charge >= 0.3 is 0 Å². The molecule has 0 saturated heterocycles. The molecule has 0 N–H and O–H groups in total. The fourth-order valence-electron chi connectivity index (χ4n) is 20.2. The third-order valence-corrected chi connectivity index (χ3v) is 27.4. The Morgan fingerprint density at radius 3 is 1.27 bits per heavy atom. The molecule has 0 radical (unpaired) electrons. The van der Waals surface area contributed by atoms with Crippen molar-refractivity contribution >= 4 is 206 Å². The van der Waals surface area contributed by atoms with Crippen LogP contribution in [0.3, 0.4) is 0 Å². The number of nitriles is 3. The van der Waals surface area contributed by atoms with Crippen LogP contribution in [0.4, 0.5) is 0 Å². The Morgan fingerprint density at radius 1 is 0.250 bits per heavy atom. The lowest BCUT2D eigenvalue weighted by atomic mass is 9.99. The predicted octanol–water partition coefficient (Wildman–Crippen LogP) is 30.7. The quantitative estimate of drug-likeness (QED) is 0.149. The van der Waals surface area contributed by atoms with E-state index in [0.717, 1.165) is 170 Å². The van der Waals surface area contributed by atoms with Crippen molar-refractivity contribution in [2.24, 2.45) is 0 Å². The Labute approximate surface area is 755 Å². The molecular formula is C118H65N11O2S. The Morgan fingerprint density at radius 2 is 0.674 bits per heavy atom. The molecule has 28 rings (SSSR count). The van der Waals surface area contributed by atoms with Crippen LogP contribution < -0.4 is 0 Å². The van der Waals surface area contributed by atoms with E-state index in [2.05, 4.69) is 317 Å². The first-order chi connectivity index (χ1) is 65.3. The van der Waals surface area contributed by atoms with Gasteiger partial charge in [0.2, 0.25) is 11.9 Å². The number of pyridine rings is 1. The van der Waals surface area contributed by atoms with Gasteiger partial charge in [0.25, 0.3) is 0 Å². The number of aromatic nitrogens is 8. The average molecular weight is 1700 g/mol. The van der Waals surface area contributed by atoms with E-state index in [0.29, 0.717) is 28.8 Å². The number of nitrogens with zero attached hydrogens (tertiary/aromatic N) is 11. The summed E-state index contributed by atoms with van der Waals surface area (Å²) in [5, 5.41) is 53.3. The van der Waals surface area contributed by atoms with Crippen molar-refractivity contribution < 1.29 is 8.83 Å². The Kier molecular flexibility index (Phi) is 17.0. The van der Waals surface area contributed by atoms with Gasteiger partial charge in [-0.05, 0) is 176 Å². The standard InChI is InChI=1S/C44H25N3O.C37H20N4O.C37H20N4S/c45-26-30-25-39(46-38-14-5-3-9-32(30)38)28-16-20-31(21-17-28)47-40-22-19-29(24-37(40)43-33-10-2-1-8-27(33)18-23-41(43)47)34-12-7-13-36-35-11-4-6-15-42(35)48-44(34)36;2*38-21-31-27-11-3-5-14-30(27)39-37(40-31)41-32-15-6-4-10-26(32)29-20-23(16-18-33(29)41)25-12-7-13-28-35-24-9-2-1-8-22(24)17-19-34(35)42-36(25)28/h1-25H;2*1-20H. The second-order valence-corrected chi connectivity index (χ2v) is 34.4. The lowest BCUT2D eigenvalue weighted by Gasteiger charge is -2.11. The minimum absolute atomic E-state index is 0.363. The van der Waals surface area contributed by atoms with Gasteiger partial charge in [-0.1, -0.05) is 273 Å². The largest absolute Gasteiger partial charge is 0.455 e. The van der Waals surface area contributed by atoms with Crippen LogP contribution in [0.15, 0.2) is 403 Å². The summed E-state index contributed by atoms with van der Waals surface area (Å²) < 4.78 is 22.0. The number of para-hydroxylation sites is 8. The van der Waals surface area contributed by atoms with E-state index in [9.17, 15) is 15.8 Å². The second kappa shape index (κ2) is 30.0. The highest BCUT2D eigenvalue weighted by molar-refractivity contribution is 7.26. The number of benzene rings is 19. The van der Waals surface area contributed by atoms with E-state index in [1.807, 2.05) is 121 Å². The molecule has 0 aliphatic heterocycles. The van der Waals surface area contributed by atoms with Crippen molar-refractivity contribution in [2.45, 2.75) is 0 Å². The van der Waals surface area contributed by atoms with Gasteiger partial charge in [0, 0.05) is 113 Å². The maximum atomic E-state index is 9.90. The molecule has 9 heterocycles. The molecule has 0 atom stereocenters. The molecular weight excluding hydrogens is 1640 g/mol. The summed E-state index contributed by atoms with van der Waals surface area (Å²) in [5.74, 6) is 0.984. The fourth-order valence-corrected chi connectivity index (χ4v) is 21.5. The minimum Gasteiger partial charge on any atom is -0.455 e. The molecule has 132 heavy (non-hydrogen) atoms. The molecule has 9 aromatic heterocycles. The lowest BCUT2D eigenvalue weighted by Crippen LogP contribution is -2.03. The number of fused-ring (bicyclic) bond motifs is 27. The van der Waals surface area contributed by atoms with Crippen LogP contribution in [0.25, 0.3) is 257 Å². The van der Waals surface area contributed by atoms with Crippen LogP contribution in [0, 0.1) is 34.0 Å². The molecule has 13 nitrogen and oxygen atoms in total. The molecule has 0 bridgehead atoms. The maximum absolute atomic E-state index is 9.90. The third-order valence-electron chi connectivity index (χ3n) is 26.2. The predicted molar refractivity (Wildman–Crippen MR) is 540 cm³/mol. The van der Waals surface area contributed by atoms with Crippen LogP contribution in [0.1, 0.15) is 17.0 Å². The summed E-state index contributed by atoms with van der Waals surface area (Å²) in [7, 11) is 0. The van der Waals surface area contributed by atoms with Gasteiger partial charge in [-0.15, -0.1) is 11.3 Å². The monoisotopic (exact) mass is 1700 g/mol. The van der Waals surface area contributed by atoms with Gasteiger partial charge in [-0.2, -0.15) is 15.8 Å². The molecule has 28 aromatic rings. The smallest absolute Gasteiger partial charge is 0.236 e. The lowest BCUT2D eigenvalue weighted by molar-refractivity contribution is 0.670. The van der Waals surface area contributed by atoms with Crippen molar-refractivity contribution in [1.82, 2.24) is 38.6 Å². The van der Waals surface area contributed by atoms with Crippen LogP contribution in [0.5, 0.6) is 0 Å². The minimum atomic E-state index is 0.363. The van der Waals surface area contributed by atoms with Crippen LogP contribution in [0.2, 0.25) is 0 Å². The molecule has 19 aromatic carbocycles. The van der Waals surface area contributed by atoms with Crippen LogP contribution in [-0.4, -0.2) is 38.6 Å². The van der Waals surface area contributed by atoms with Gasteiger partial charge < -0.3 is 13.4 Å². The zero-order valence-corrected chi connectivity index (χ0v) is 71.0. The summed E-state index contributed by atoms with van der Waals surface area (Å²) in [4.78, 5) is 24.1.